The fourth-order valence-electron chi connectivity index (χ4n) is 3.09. The number of benzene rings is 2. The Morgan fingerprint density at radius 2 is 2.04 bits per heavy atom. The molecule has 0 atom stereocenters. The van der Waals surface area contributed by atoms with Gasteiger partial charge in [-0.25, -0.2) is 0 Å². The smallest absolute Gasteiger partial charge is 0.312 e. The predicted molar refractivity (Wildman–Crippen MR) is 99.1 cm³/mol. The van der Waals surface area contributed by atoms with Crippen molar-refractivity contribution in [2.24, 2.45) is 0 Å². The average molecular weight is 377 g/mol. The molecule has 1 aromatic heterocycles. The van der Waals surface area contributed by atoms with Crippen molar-refractivity contribution in [3.63, 3.8) is 0 Å². The monoisotopic (exact) mass is 376 g/mol. The number of para-hydroxylation sites is 1. The van der Waals surface area contributed by atoms with Gasteiger partial charge in [-0.05, 0) is 18.2 Å². The van der Waals surface area contributed by atoms with Crippen LogP contribution < -0.4 is 10.1 Å². The number of fused-ring (bicyclic) bond motifs is 2. The van der Waals surface area contributed by atoms with E-state index < -0.39 is 4.92 Å². The number of halogens is 1. The number of nitro benzene ring substituents is 1. The lowest BCUT2D eigenvalue weighted by Crippen LogP contribution is -2.23. The summed E-state index contributed by atoms with van der Waals surface area (Å²) in [6.07, 6.45) is 0. The van der Waals surface area contributed by atoms with Gasteiger partial charge >= 0.3 is 5.69 Å². The van der Waals surface area contributed by atoms with Crippen molar-refractivity contribution < 1.29 is 14.8 Å². The third kappa shape index (κ3) is 2.88. The first-order chi connectivity index (χ1) is 12.2. The summed E-state index contributed by atoms with van der Waals surface area (Å²) in [6, 6.07) is 10.5. The lowest BCUT2D eigenvalue weighted by Gasteiger charge is -2.16. The molecule has 26 heavy (non-hydrogen) atoms. The zero-order valence-corrected chi connectivity index (χ0v) is 14.5. The molecule has 0 aliphatic carbocycles. The van der Waals surface area contributed by atoms with Crippen LogP contribution in [-0.2, 0) is 6.54 Å². The summed E-state index contributed by atoms with van der Waals surface area (Å²) in [4.78, 5) is 10.9. The van der Waals surface area contributed by atoms with Gasteiger partial charge in [-0.1, -0.05) is 12.1 Å². The minimum Gasteiger partial charge on any atom is -0.449 e. The Morgan fingerprint density at radius 3 is 2.81 bits per heavy atom. The van der Waals surface area contributed by atoms with Crippen molar-refractivity contribution in [3.05, 3.63) is 46.5 Å². The first kappa shape index (κ1) is 18.1. The van der Waals surface area contributed by atoms with E-state index in [4.69, 9.17) is 9.84 Å². The second-order valence-corrected chi connectivity index (χ2v) is 5.71. The number of aliphatic hydroxyl groups excluding tert-OH is 1. The zero-order chi connectivity index (χ0) is 17.4. The topological polar surface area (TPSA) is 102 Å². The number of rotatable bonds is 6. The molecule has 0 bridgehead atoms. The van der Waals surface area contributed by atoms with Crippen LogP contribution in [0.25, 0.3) is 22.2 Å². The molecule has 0 unspecified atom stereocenters. The summed E-state index contributed by atoms with van der Waals surface area (Å²) in [5, 5.41) is 28.7. The van der Waals surface area contributed by atoms with Crippen LogP contribution in [0.1, 0.15) is 0 Å². The van der Waals surface area contributed by atoms with Crippen molar-refractivity contribution in [2.75, 3.05) is 19.7 Å². The molecule has 1 aliphatic heterocycles. The molecule has 2 N–H and O–H groups in total. The number of nitrogens with one attached hydrogen (secondary N) is 1. The summed E-state index contributed by atoms with van der Waals surface area (Å²) in [6.45, 7) is 1.79. The highest BCUT2D eigenvalue weighted by molar-refractivity contribution is 6.03. The SMILES string of the molecule is Cl.O=[N+]([O-])c1ccc2c3c(nn2CCNCCO)-c2ccccc2Oc13. The third-order valence-corrected chi connectivity index (χ3v) is 4.19. The van der Waals surface area contributed by atoms with Crippen LogP contribution in [0, 0.1) is 10.1 Å². The Balaban J connectivity index is 0.00000196. The van der Waals surface area contributed by atoms with E-state index in [1.165, 1.54) is 6.07 Å². The number of ether oxygens (including phenoxy) is 1. The largest absolute Gasteiger partial charge is 0.449 e. The fourth-order valence-corrected chi connectivity index (χ4v) is 3.09. The van der Waals surface area contributed by atoms with E-state index in [0.717, 1.165) is 11.1 Å². The van der Waals surface area contributed by atoms with Gasteiger partial charge in [0.2, 0.25) is 5.75 Å². The van der Waals surface area contributed by atoms with Gasteiger partial charge in [0.1, 0.15) is 11.4 Å². The van der Waals surface area contributed by atoms with Crippen LogP contribution >= 0.6 is 12.4 Å². The van der Waals surface area contributed by atoms with Crippen molar-refractivity contribution in [2.45, 2.75) is 6.54 Å². The van der Waals surface area contributed by atoms with E-state index in [1.54, 1.807) is 12.1 Å². The highest BCUT2D eigenvalue weighted by Gasteiger charge is 2.30. The Morgan fingerprint density at radius 1 is 1.23 bits per heavy atom. The van der Waals surface area contributed by atoms with Gasteiger partial charge in [0.05, 0.1) is 29.0 Å². The van der Waals surface area contributed by atoms with E-state index in [2.05, 4.69) is 10.4 Å². The maximum atomic E-state index is 11.4. The van der Waals surface area contributed by atoms with E-state index in [0.29, 0.717) is 36.5 Å². The second-order valence-electron chi connectivity index (χ2n) is 5.71. The summed E-state index contributed by atoms with van der Waals surface area (Å²) in [5.74, 6) is 0.806. The van der Waals surface area contributed by atoms with Crippen LogP contribution in [0.15, 0.2) is 36.4 Å². The summed E-state index contributed by atoms with van der Waals surface area (Å²) in [7, 11) is 0. The first-order valence-electron chi connectivity index (χ1n) is 7.97. The molecule has 0 fully saturated rings. The van der Waals surface area contributed by atoms with Crippen LogP contribution in [0.2, 0.25) is 0 Å². The first-order valence-corrected chi connectivity index (χ1v) is 7.97. The molecule has 3 aromatic rings. The minimum atomic E-state index is -0.438. The van der Waals surface area contributed by atoms with Crippen LogP contribution in [-0.4, -0.2) is 39.5 Å². The lowest BCUT2D eigenvalue weighted by atomic mass is 10.0. The molecule has 0 saturated heterocycles. The number of hydrogen-bond acceptors (Lipinski definition) is 6. The molecule has 0 amide bonds. The number of aliphatic hydroxyl groups is 1. The van der Waals surface area contributed by atoms with E-state index >= 15 is 0 Å². The Bertz CT molecular complexity index is 973. The number of nitro groups is 1. The van der Waals surface area contributed by atoms with Crippen molar-refractivity contribution in [1.82, 2.24) is 15.1 Å². The lowest BCUT2D eigenvalue weighted by molar-refractivity contribution is -0.385. The van der Waals surface area contributed by atoms with Crippen LogP contribution in [0.4, 0.5) is 5.69 Å². The molecular weight excluding hydrogens is 360 g/mol. The molecule has 2 heterocycles. The molecular formula is C17H17ClN4O4. The molecule has 0 saturated carbocycles. The summed E-state index contributed by atoms with van der Waals surface area (Å²) < 4.78 is 7.67. The molecule has 136 valence electrons. The average Bonchev–Trinajstić information content (AvgIpc) is 2.99. The highest BCUT2D eigenvalue weighted by atomic mass is 35.5. The molecule has 8 nitrogen and oxygen atoms in total. The van der Waals surface area contributed by atoms with Crippen LogP contribution in [0.5, 0.6) is 11.5 Å². The quantitative estimate of drug-likeness (QED) is 0.305. The predicted octanol–water partition coefficient (Wildman–Crippen LogP) is 2.72. The molecule has 1 aliphatic rings. The molecule has 9 heteroatoms. The van der Waals surface area contributed by atoms with Gasteiger partial charge < -0.3 is 15.2 Å². The Labute approximate surface area is 154 Å². The number of aromatic nitrogens is 2. The number of nitrogens with zero attached hydrogens (tertiary/aromatic N) is 3. The van der Waals surface area contributed by atoms with Gasteiger partial charge in [0.15, 0.2) is 0 Å². The van der Waals surface area contributed by atoms with E-state index in [-0.39, 0.29) is 30.5 Å². The molecule has 0 spiro atoms. The van der Waals surface area contributed by atoms with E-state index in [1.807, 2.05) is 22.9 Å². The third-order valence-electron chi connectivity index (χ3n) is 4.19. The van der Waals surface area contributed by atoms with Crippen LogP contribution in [0.3, 0.4) is 0 Å². The Kier molecular flexibility index (Phi) is 5.08. The minimum absolute atomic E-state index is 0. The normalized spacial score (nSPS) is 11.6. The zero-order valence-electron chi connectivity index (χ0n) is 13.7. The van der Waals surface area contributed by atoms with Gasteiger partial charge in [-0.15, -0.1) is 12.4 Å². The number of hydrogen-bond donors (Lipinski definition) is 2. The van der Waals surface area contributed by atoms with Gasteiger partial charge in [0, 0.05) is 24.7 Å². The molecule has 2 aromatic carbocycles. The van der Waals surface area contributed by atoms with Gasteiger partial charge in [0.25, 0.3) is 0 Å². The summed E-state index contributed by atoms with van der Waals surface area (Å²) in [5.41, 5.74) is 2.23. The van der Waals surface area contributed by atoms with Gasteiger partial charge in [-0.3, -0.25) is 14.8 Å². The van der Waals surface area contributed by atoms with Crippen molar-refractivity contribution in [1.29, 1.82) is 0 Å². The highest BCUT2D eigenvalue weighted by Crippen LogP contribution is 2.49. The van der Waals surface area contributed by atoms with Gasteiger partial charge in [-0.2, -0.15) is 5.10 Å². The van der Waals surface area contributed by atoms with Crippen molar-refractivity contribution in [3.8, 4) is 22.8 Å². The summed E-state index contributed by atoms with van der Waals surface area (Å²) >= 11 is 0. The maximum Gasteiger partial charge on any atom is 0.312 e. The van der Waals surface area contributed by atoms with Crippen molar-refractivity contribution >= 4 is 29.0 Å². The fraction of sp³-hybridized carbons (Fsp3) is 0.235. The van der Waals surface area contributed by atoms with E-state index in [9.17, 15) is 10.1 Å². The molecule has 4 rings (SSSR count). The molecule has 0 radical (unpaired) electrons. The second kappa shape index (κ2) is 7.28. The Hall–Kier alpha value is -2.68. The standard InChI is InChI=1S/C17H16N4O4.ClH/c22-10-8-18-7-9-20-12-5-6-13(21(23)24)17-15(12)16(19-20)11-3-1-2-4-14(11)25-17;/h1-6,18,22H,7-10H2;1H. The maximum absolute atomic E-state index is 11.4.